The second kappa shape index (κ2) is 11.2. The highest BCUT2D eigenvalue weighted by atomic mass is 32.2. The Morgan fingerprint density at radius 3 is 1.59 bits per heavy atom. The van der Waals surface area contributed by atoms with E-state index in [9.17, 15) is 13.2 Å². The summed E-state index contributed by atoms with van der Waals surface area (Å²) in [4.78, 5) is 11.1. The topological polar surface area (TPSA) is 51.2 Å². The van der Waals surface area contributed by atoms with Crippen molar-refractivity contribution in [2.45, 2.75) is 103 Å². The summed E-state index contributed by atoms with van der Waals surface area (Å²) in [7, 11) is -2.94. The van der Waals surface area contributed by atoms with Gasteiger partial charge in [-0.2, -0.15) is 0 Å². The molecule has 0 aliphatic carbocycles. The maximum absolute atomic E-state index is 11.9. The monoisotopic (exact) mass is 332 g/mol. The molecule has 0 aromatic rings. The van der Waals surface area contributed by atoms with Gasteiger partial charge in [0.25, 0.3) is 0 Å². The van der Waals surface area contributed by atoms with Gasteiger partial charge in [0.2, 0.25) is 0 Å². The largest absolute Gasteiger partial charge is 0.300 e. The molecule has 3 nitrogen and oxygen atoms in total. The van der Waals surface area contributed by atoms with E-state index in [1.54, 1.807) is 20.8 Å². The fraction of sp³-hybridized carbons (Fsp3) is 0.944. The van der Waals surface area contributed by atoms with Gasteiger partial charge in [-0.15, -0.1) is 0 Å². The molecule has 0 rings (SSSR count). The third-order valence-corrected chi connectivity index (χ3v) is 6.89. The zero-order valence-corrected chi connectivity index (χ0v) is 15.9. The van der Waals surface area contributed by atoms with E-state index in [1.807, 2.05) is 6.92 Å². The molecule has 132 valence electrons. The van der Waals surface area contributed by atoms with E-state index in [2.05, 4.69) is 0 Å². The van der Waals surface area contributed by atoms with Crippen LogP contribution in [0.2, 0.25) is 0 Å². The second-order valence-electron chi connectivity index (χ2n) is 7.26. The first-order chi connectivity index (χ1) is 10.2. The number of sulfone groups is 1. The van der Waals surface area contributed by atoms with E-state index in [0.717, 1.165) is 38.5 Å². The van der Waals surface area contributed by atoms with Crippen LogP contribution in [0, 0.1) is 0 Å². The molecule has 0 radical (unpaired) electrons. The Balaban J connectivity index is 3.40. The highest BCUT2D eigenvalue weighted by Crippen LogP contribution is 2.18. The van der Waals surface area contributed by atoms with Gasteiger partial charge in [-0.1, -0.05) is 51.9 Å². The van der Waals surface area contributed by atoms with E-state index in [4.69, 9.17) is 0 Å². The summed E-state index contributed by atoms with van der Waals surface area (Å²) >= 11 is 0. The molecule has 0 aliphatic rings. The molecule has 0 unspecified atom stereocenters. The summed E-state index contributed by atoms with van der Waals surface area (Å²) in [5.41, 5.74) is 0. The molecule has 0 aromatic carbocycles. The van der Waals surface area contributed by atoms with Crippen LogP contribution in [-0.2, 0) is 14.6 Å². The van der Waals surface area contributed by atoms with Crippen molar-refractivity contribution in [1.29, 1.82) is 0 Å². The summed E-state index contributed by atoms with van der Waals surface area (Å²) in [6, 6.07) is 0. The molecule has 0 aromatic heterocycles. The van der Waals surface area contributed by atoms with Crippen molar-refractivity contribution in [3.05, 3.63) is 0 Å². The summed E-state index contributed by atoms with van der Waals surface area (Å²) in [6.07, 6.45) is 11.4. The lowest BCUT2D eigenvalue weighted by Crippen LogP contribution is -2.30. The number of unbranched alkanes of at least 4 members (excludes halogenated alkanes) is 8. The molecule has 0 aliphatic heterocycles. The predicted octanol–water partition coefficient (Wildman–Crippen LogP) is 5.08. The first-order valence-electron chi connectivity index (χ1n) is 8.94. The summed E-state index contributed by atoms with van der Waals surface area (Å²) in [5.74, 6) is 0.701. The van der Waals surface area contributed by atoms with Crippen molar-refractivity contribution in [1.82, 2.24) is 0 Å². The van der Waals surface area contributed by atoms with Crippen LogP contribution in [0.3, 0.4) is 0 Å². The summed E-state index contributed by atoms with van der Waals surface area (Å²) in [5, 5.41) is 0. The highest BCUT2D eigenvalue weighted by Gasteiger charge is 2.27. The van der Waals surface area contributed by atoms with Crippen molar-refractivity contribution < 1.29 is 13.2 Å². The Morgan fingerprint density at radius 1 is 0.773 bits per heavy atom. The van der Waals surface area contributed by atoms with Crippen LogP contribution in [-0.4, -0.2) is 24.7 Å². The molecule has 0 bridgehead atoms. The van der Waals surface area contributed by atoms with Crippen LogP contribution in [0.4, 0.5) is 0 Å². The van der Waals surface area contributed by atoms with Gasteiger partial charge in [0, 0.05) is 12.8 Å². The number of rotatable bonds is 13. The van der Waals surface area contributed by atoms with Gasteiger partial charge in [-0.3, -0.25) is 4.79 Å². The Bertz CT molecular complexity index is 391. The molecular weight excluding hydrogens is 296 g/mol. The van der Waals surface area contributed by atoms with E-state index in [1.165, 1.54) is 25.7 Å². The summed E-state index contributed by atoms with van der Waals surface area (Å²) in [6.45, 7) is 7.25. The van der Waals surface area contributed by atoms with Gasteiger partial charge >= 0.3 is 0 Å². The van der Waals surface area contributed by atoms with Crippen LogP contribution >= 0.6 is 0 Å². The first kappa shape index (κ1) is 21.6. The second-order valence-corrected chi connectivity index (χ2v) is 10.1. The minimum absolute atomic E-state index is 0.321. The smallest absolute Gasteiger partial charge is 0.155 e. The average Bonchev–Trinajstić information content (AvgIpc) is 2.43. The van der Waals surface area contributed by atoms with E-state index in [0.29, 0.717) is 18.0 Å². The number of hydrogen-bond donors (Lipinski definition) is 0. The standard InChI is InChI=1S/C18H36O3S/c1-5-17(19)15-13-11-9-7-6-8-10-12-14-16-22(20,21)18(2,3)4/h5-16H2,1-4H3. The van der Waals surface area contributed by atoms with Gasteiger partial charge in [-0.05, 0) is 33.6 Å². The number of carbonyl (C=O) groups excluding carboxylic acids is 1. The number of hydrogen-bond acceptors (Lipinski definition) is 3. The quantitative estimate of drug-likeness (QED) is 0.442. The van der Waals surface area contributed by atoms with Gasteiger partial charge in [-0.25, -0.2) is 8.42 Å². The number of Topliss-reactive ketones (excluding diaryl/α,β-unsaturated/α-hetero) is 1. The molecule has 4 heteroatoms. The fourth-order valence-corrected chi connectivity index (χ4v) is 3.53. The van der Waals surface area contributed by atoms with Gasteiger partial charge in [0.05, 0.1) is 10.5 Å². The molecule has 0 heterocycles. The number of ketones is 1. The van der Waals surface area contributed by atoms with Crippen molar-refractivity contribution in [3.63, 3.8) is 0 Å². The average molecular weight is 333 g/mol. The van der Waals surface area contributed by atoms with Crippen molar-refractivity contribution in [3.8, 4) is 0 Å². The molecule has 22 heavy (non-hydrogen) atoms. The van der Waals surface area contributed by atoms with Gasteiger partial charge in [0.15, 0.2) is 9.84 Å². The van der Waals surface area contributed by atoms with Gasteiger partial charge < -0.3 is 0 Å². The molecule has 0 fully saturated rings. The Morgan fingerprint density at radius 2 is 1.18 bits per heavy atom. The van der Waals surface area contributed by atoms with E-state index < -0.39 is 14.6 Å². The van der Waals surface area contributed by atoms with Crippen LogP contribution in [0.5, 0.6) is 0 Å². The minimum Gasteiger partial charge on any atom is -0.300 e. The van der Waals surface area contributed by atoms with Crippen LogP contribution in [0.25, 0.3) is 0 Å². The molecule has 0 atom stereocenters. The molecule has 0 N–H and O–H groups in total. The summed E-state index contributed by atoms with van der Waals surface area (Å²) < 4.78 is 23.2. The molecule has 0 saturated carbocycles. The van der Waals surface area contributed by atoms with Gasteiger partial charge in [0.1, 0.15) is 5.78 Å². The predicted molar refractivity (Wildman–Crippen MR) is 95.0 cm³/mol. The zero-order chi connectivity index (χ0) is 17.1. The lowest BCUT2D eigenvalue weighted by molar-refractivity contribution is -0.118. The van der Waals surface area contributed by atoms with Crippen LogP contribution in [0.1, 0.15) is 98.3 Å². The Kier molecular flexibility index (Phi) is 11.0. The van der Waals surface area contributed by atoms with Crippen molar-refractivity contribution >= 4 is 15.6 Å². The maximum Gasteiger partial charge on any atom is 0.155 e. The van der Waals surface area contributed by atoms with E-state index >= 15 is 0 Å². The van der Waals surface area contributed by atoms with Crippen molar-refractivity contribution in [2.24, 2.45) is 0 Å². The van der Waals surface area contributed by atoms with Crippen LogP contribution in [0.15, 0.2) is 0 Å². The SMILES string of the molecule is CCC(=O)CCCCCCCCCCCS(=O)(=O)C(C)(C)C. The zero-order valence-electron chi connectivity index (χ0n) is 15.1. The van der Waals surface area contributed by atoms with Crippen molar-refractivity contribution in [2.75, 3.05) is 5.75 Å². The maximum atomic E-state index is 11.9. The third kappa shape index (κ3) is 10.4. The van der Waals surface area contributed by atoms with Crippen LogP contribution < -0.4 is 0 Å². The minimum atomic E-state index is -2.94. The third-order valence-electron chi connectivity index (χ3n) is 4.20. The lowest BCUT2D eigenvalue weighted by Gasteiger charge is -2.18. The Labute approximate surface area is 138 Å². The highest BCUT2D eigenvalue weighted by molar-refractivity contribution is 7.92. The molecular formula is C18H36O3S. The molecule has 0 amide bonds. The van der Waals surface area contributed by atoms with E-state index in [-0.39, 0.29) is 0 Å². The molecule has 0 spiro atoms. The fourth-order valence-electron chi connectivity index (χ4n) is 2.33. The Hall–Kier alpha value is -0.380. The number of carbonyl (C=O) groups is 1. The first-order valence-corrected chi connectivity index (χ1v) is 10.6. The lowest BCUT2D eigenvalue weighted by atomic mass is 10.1. The normalized spacial score (nSPS) is 12.5. The molecule has 0 saturated heterocycles.